The number of alkyl halides is 1. The van der Waals surface area contributed by atoms with Crippen LogP contribution in [0, 0.1) is 0 Å². The highest BCUT2D eigenvalue weighted by molar-refractivity contribution is 5.49. The van der Waals surface area contributed by atoms with Crippen LogP contribution in [0.15, 0.2) is 12.1 Å². The van der Waals surface area contributed by atoms with E-state index in [1.54, 1.807) is 20.3 Å². The molecule has 4 nitrogen and oxygen atoms in total. The molecule has 1 aliphatic heterocycles. The van der Waals surface area contributed by atoms with Crippen LogP contribution in [-0.4, -0.2) is 51.8 Å². The zero-order valence-electron chi connectivity index (χ0n) is 12.2. The number of hydrogen-bond acceptors (Lipinski definition) is 4. The quantitative estimate of drug-likeness (QED) is 0.860. The van der Waals surface area contributed by atoms with Crippen molar-refractivity contribution in [1.82, 2.24) is 10.2 Å². The van der Waals surface area contributed by atoms with Gasteiger partial charge in [0.25, 0.3) is 0 Å². The van der Waals surface area contributed by atoms with Crippen molar-refractivity contribution in [3.05, 3.63) is 23.3 Å². The number of benzene rings is 1. The van der Waals surface area contributed by atoms with Crippen LogP contribution < -0.4 is 14.8 Å². The first-order chi connectivity index (χ1) is 9.78. The monoisotopic (exact) mass is 282 g/mol. The van der Waals surface area contributed by atoms with Crippen molar-refractivity contribution in [3.63, 3.8) is 0 Å². The highest BCUT2D eigenvalue weighted by Crippen LogP contribution is 2.33. The number of rotatable bonds is 6. The SMILES string of the molecule is COc1cc(CF)cc(CCN2CCNCC2)c1OC. The van der Waals surface area contributed by atoms with E-state index in [0.717, 1.165) is 50.5 Å². The molecule has 0 bridgehead atoms. The van der Waals surface area contributed by atoms with Crippen LogP contribution in [0.4, 0.5) is 4.39 Å². The fraction of sp³-hybridized carbons (Fsp3) is 0.600. The number of nitrogens with one attached hydrogen (secondary N) is 1. The minimum Gasteiger partial charge on any atom is -0.493 e. The van der Waals surface area contributed by atoms with Gasteiger partial charge in [-0.05, 0) is 29.7 Å². The summed E-state index contributed by atoms with van der Waals surface area (Å²) in [5, 5.41) is 3.34. The smallest absolute Gasteiger partial charge is 0.163 e. The Hall–Kier alpha value is -1.33. The van der Waals surface area contributed by atoms with Gasteiger partial charge in [-0.1, -0.05) is 0 Å². The topological polar surface area (TPSA) is 33.7 Å². The molecule has 0 atom stereocenters. The molecule has 1 aromatic carbocycles. The molecule has 0 aromatic heterocycles. The molecule has 0 radical (unpaired) electrons. The minimum absolute atomic E-state index is 0.485. The highest BCUT2D eigenvalue weighted by Gasteiger charge is 2.15. The standard InChI is InChI=1S/C15H23FN2O2/c1-19-14-10-12(11-16)9-13(15(14)20-2)3-6-18-7-4-17-5-8-18/h9-10,17H,3-8,11H2,1-2H3. The predicted octanol–water partition coefficient (Wildman–Crippen LogP) is 1.62. The van der Waals surface area contributed by atoms with Crippen molar-refractivity contribution in [2.24, 2.45) is 0 Å². The van der Waals surface area contributed by atoms with Gasteiger partial charge < -0.3 is 19.7 Å². The van der Waals surface area contributed by atoms with E-state index in [4.69, 9.17) is 9.47 Å². The molecule has 0 amide bonds. The van der Waals surface area contributed by atoms with Gasteiger partial charge in [0.15, 0.2) is 11.5 Å². The van der Waals surface area contributed by atoms with Gasteiger partial charge >= 0.3 is 0 Å². The summed E-state index contributed by atoms with van der Waals surface area (Å²) in [6, 6.07) is 3.58. The molecule has 1 aliphatic rings. The lowest BCUT2D eigenvalue weighted by Crippen LogP contribution is -2.44. The Morgan fingerprint density at radius 2 is 1.95 bits per heavy atom. The molecule has 2 rings (SSSR count). The molecule has 1 heterocycles. The van der Waals surface area contributed by atoms with Gasteiger partial charge in [0.05, 0.1) is 14.2 Å². The third kappa shape index (κ3) is 3.61. The largest absolute Gasteiger partial charge is 0.493 e. The molecule has 0 aliphatic carbocycles. The molecule has 1 fully saturated rings. The Morgan fingerprint density at radius 1 is 1.20 bits per heavy atom. The van der Waals surface area contributed by atoms with Gasteiger partial charge in [-0.25, -0.2) is 4.39 Å². The van der Waals surface area contributed by atoms with Crippen molar-refractivity contribution in [3.8, 4) is 11.5 Å². The third-order valence-electron chi connectivity index (χ3n) is 3.68. The molecule has 112 valence electrons. The number of methoxy groups -OCH3 is 2. The summed E-state index contributed by atoms with van der Waals surface area (Å²) in [6.07, 6.45) is 0.841. The molecule has 0 unspecified atom stereocenters. The van der Waals surface area contributed by atoms with E-state index in [-0.39, 0.29) is 0 Å². The Morgan fingerprint density at radius 3 is 2.55 bits per heavy atom. The molecule has 0 spiro atoms. The zero-order chi connectivity index (χ0) is 14.4. The molecular formula is C15H23FN2O2. The van der Waals surface area contributed by atoms with Crippen molar-refractivity contribution in [1.29, 1.82) is 0 Å². The molecule has 20 heavy (non-hydrogen) atoms. The Kier molecular flexibility index (Phi) is 5.61. The van der Waals surface area contributed by atoms with Crippen LogP contribution in [-0.2, 0) is 13.1 Å². The number of halogens is 1. The van der Waals surface area contributed by atoms with Gasteiger partial charge in [-0.3, -0.25) is 0 Å². The third-order valence-corrected chi connectivity index (χ3v) is 3.68. The van der Waals surface area contributed by atoms with Gasteiger partial charge in [0.2, 0.25) is 0 Å². The van der Waals surface area contributed by atoms with Crippen LogP contribution in [0.2, 0.25) is 0 Å². The lowest BCUT2D eigenvalue weighted by Gasteiger charge is -2.27. The van der Waals surface area contributed by atoms with E-state index in [1.807, 2.05) is 6.07 Å². The first-order valence-corrected chi connectivity index (χ1v) is 7.01. The summed E-state index contributed by atoms with van der Waals surface area (Å²) in [4.78, 5) is 2.41. The summed E-state index contributed by atoms with van der Waals surface area (Å²) in [7, 11) is 3.21. The maximum atomic E-state index is 12.9. The van der Waals surface area contributed by atoms with E-state index >= 15 is 0 Å². The maximum absolute atomic E-state index is 12.9. The predicted molar refractivity (Wildman–Crippen MR) is 77.4 cm³/mol. The molecule has 1 aromatic rings. The van der Waals surface area contributed by atoms with Gasteiger partial charge in [-0.2, -0.15) is 0 Å². The lowest BCUT2D eigenvalue weighted by molar-refractivity contribution is 0.242. The summed E-state index contributed by atoms with van der Waals surface area (Å²) in [5.41, 5.74) is 1.65. The van der Waals surface area contributed by atoms with E-state index < -0.39 is 6.67 Å². The van der Waals surface area contributed by atoms with Crippen molar-refractivity contribution in [2.75, 3.05) is 46.9 Å². The minimum atomic E-state index is -0.485. The average Bonchev–Trinajstić information content (AvgIpc) is 2.52. The van der Waals surface area contributed by atoms with Crippen LogP contribution in [0.25, 0.3) is 0 Å². The Balaban J connectivity index is 2.11. The van der Waals surface area contributed by atoms with Crippen LogP contribution >= 0.6 is 0 Å². The molecule has 1 saturated heterocycles. The van der Waals surface area contributed by atoms with Crippen LogP contribution in [0.1, 0.15) is 11.1 Å². The number of ether oxygens (including phenoxy) is 2. The highest BCUT2D eigenvalue weighted by atomic mass is 19.1. The van der Waals surface area contributed by atoms with Crippen LogP contribution in [0.3, 0.4) is 0 Å². The average molecular weight is 282 g/mol. The van der Waals surface area contributed by atoms with E-state index in [2.05, 4.69) is 10.2 Å². The number of hydrogen-bond donors (Lipinski definition) is 1. The first-order valence-electron chi connectivity index (χ1n) is 7.01. The van der Waals surface area contributed by atoms with E-state index in [9.17, 15) is 4.39 Å². The molecule has 0 saturated carbocycles. The summed E-state index contributed by atoms with van der Waals surface area (Å²) in [6.45, 7) is 4.65. The first kappa shape index (κ1) is 15.1. The normalized spacial score (nSPS) is 16.1. The van der Waals surface area contributed by atoms with Crippen molar-refractivity contribution >= 4 is 0 Å². The summed E-state index contributed by atoms with van der Waals surface area (Å²) in [5.74, 6) is 1.33. The summed E-state index contributed by atoms with van der Waals surface area (Å²) >= 11 is 0. The van der Waals surface area contributed by atoms with E-state index in [1.165, 1.54) is 0 Å². The van der Waals surface area contributed by atoms with Crippen LogP contribution in [0.5, 0.6) is 11.5 Å². The zero-order valence-corrected chi connectivity index (χ0v) is 12.2. The van der Waals surface area contributed by atoms with Crippen molar-refractivity contribution in [2.45, 2.75) is 13.1 Å². The molecule has 5 heteroatoms. The lowest BCUT2D eigenvalue weighted by atomic mass is 10.1. The Bertz CT molecular complexity index is 434. The summed E-state index contributed by atoms with van der Waals surface area (Å²) < 4.78 is 23.7. The molecule has 1 N–H and O–H groups in total. The fourth-order valence-corrected chi connectivity index (χ4v) is 2.58. The number of piperazine rings is 1. The fourth-order valence-electron chi connectivity index (χ4n) is 2.58. The second kappa shape index (κ2) is 7.45. The van der Waals surface area contributed by atoms with Crippen molar-refractivity contribution < 1.29 is 13.9 Å². The van der Waals surface area contributed by atoms with Gasteiger partial charge in [0, 0.05) is 32.7 Å². The molecular weight excluding hydrogens is 259 g/mol. The Labute approximate surface area is 119 Å². The number of nitrogens with zero attached hydrogens (tertiary/aromatic N) is 1. The maximum Gasteiger partial charge on any atom is 0.163 e. The second-order valence-corrected chi connectivity index (χ2v) is 4.97. The second-order valence-electron chi connectivity index (χ2n) is 4.97. The van der Waals surface area contributed by atoms with Gasteiger partial charge in [-0.15, -0.1) is 0 Å². The van der Waals surface area contributed by atoms with E-state index in [0.29, 0.717) is 11.3 Å². The van der Waals surface area contributed by atoms with Gasteiger partial charge in [0.1, 0.15) is 6.67 Å².